The van der Waals surface area contributed by atoms with Crippen LogP contribution in [0.25, 0.3) is 0 Å². The molecule has 0 N–H and O–H groups in total. The number of ether oxygens (including phenoxy) is 1. The number of carbonyl (C=O) groups excluding carboxylic acids is 1. The van der Waals surface area contributed by atoms with Crippen molar-refractivity contribution in [1.82, 2.24) is 0 Å². The van der Waals surface area contributed by atoms with Crippen LogP contribution >= 0.6 is 0 Å². The summed E-state index contributed by atoms with van der Waals surface area (Å²) in [6, 6.07) is 20.8. The topological polar surface area (TPSA) is 26.3 Å². The zero-order valence-electron chi connectivity index (χ0n) is 11.4. The van der Waals surface area contributed by atoms with Gasteiger partial charge in [0.25, 0.3) is 0 Å². The van der Waals surface area contributed by atoms with Gasteiger partial charge in [0.05, 0.1) is 6.10 Å². The van der Waals surface area contributed by atoms with Gasteiger partial charge in [-0.15, -0.1) is 0 Å². The molecule has 1 aliphatic rings. The number of hydrogen-bond acceptors (Lipinski definition) is 2. The third-order valence-electron chi connectivity index (χ3n) is 3.86. The SMILES string of the molecule is O=C1CCC(C(c2ccccc2)c2ccccc2)OC1. The lowest BCUT2D eigenvalue weighted by molar-refractivity contribution is -0.131. The molecule has 0 amide bonds. The van der Waals surface area contributed by atoms with E-state index in [0.29, 0.717) is 6.42 Å². The summed E-state index contributed by atoms with van der Waals surface area (Å²) in [6.45, 7) is 0.251. The maximum atomic E-state index is 11.4. The minimum absolute atomic E-state index is 0.0810. The summed E-state index contributed by atoms with van der Waals surface area (Å²) in [5.74, 6) is 0.409. The summed E-state index contributed by atoms with van der Waals surface area (Å²) in [7, 11) is 0. The Morgan fingerprint density at radius 1 is 0.900 bits per heavy atom. The highest BCUT2D eigenvalue weighted by Gasteiger charge is 2.29. The highest BCUT2D eigenvalue weighted by molar-refractivity contribution is 5.80. The number of hydrogen-bond donors (Lipinski definition) is 0. The van der Waals surface area contributed by atoms with Gasteiger partial charge < -0.3 is 4.74 Å². The zero-order valence-corrected chi connectivity index (χ0v) is 11.4. The molecule has 0 aromatic heterocycles. The normalized spacial score (nSPS) is 19.2. The van der Waals surface area contributed by atoms with E-state index in [0.717, 1.165) is 6.42 Å². The van der Waals surface area contributed by atoms with Gasteiger partial charge in [0.15, 0.2) is 5.78 Å². The molecule has 3 rings (SSSR count). The van der Waals surface area contributed by atoms with E-state index in [1.807, 2.05) is 12.1 Å². The highest BCUT2D eigenvalue weighted by atomic mass is 16.5. The molecule has 1 aliphatic heterocycles. The number of benzene rings is 2. The third-order valence-corrected chi connectivity index (χ3v) is 3.86. The van der Waals surface area contributed by atoms with Crippen LogP contribution in [0.3, 0.4) is 0 Å². The molecule has 2 aromatic rings. The van der Waals surface area contributed by atoms with Gasteiger partial charge in [0, 0.05) is 12.3 Å². The molecule has 2 heteroatoms. The Morgan fingerprint density at radius 3 is 1.90 bits per heavy atom. The van der Waals surface area contributed by atoms with Gasteiger partial charge in [-0.1, -0.05) is 60.7 Å². The van der Waals surface area contributed by atoms with E-state index >= 15 is 0 Å². The molecule has 1 heterocycles. The van der Waals surface area contributed by atoms with E-state index < -0.39 is 0 Å². The fourth-order valence-electron chi connectivity index (χ4n) is 2.86. The molecule has 1 saturated heterocycles. The predicted octanol–water partition coefficient (Wildman–Crippen LogP) is 3.57. The van der Waals surface area contributed by atoms with Gasteiger partial charge in [-0.2, -0.15) is 0 Å². The van der Waals surface area contributed by atoms with Crippen LogP contribution in [-0.4, -0.2) is 18.5 Å². The van der Waals surface area contributed by atoms with Crippen LogP contribution in [0.1, 0.15) is 29.9 Å². The summed E-state index contributed by atoms with van der Waals surface area (Å²) < 4.78 is 5.81. The third kappa shape index (κ3) is 2.81. The van der Waals surface area contributed by atoms with Crippen LogP contribution in [0.4, 0.5) is 0 Å². The van der Waals surface area contributed by atoms with Gasteiger partial charge in [-0.05, 0) is 17.5 Å². The molecule has 20 heavy (non-hydrogen) atoms. The summed E-state index contributed by atoms with van der Waals surface area (Å²) in [4.78, 5) is 11.4. The Labute approximate surface area is 119 Å². The van der Waals surface area contributed by atoms with Crippen molar-refractivity contribution in [2.45, 2.75) is 24.9 Å². The van der Waals surface area contributed by atoms with Crippen molar-refractivity contribution in [1.29, 1.82) is 0 Å². The van der Waals surface area contributed by atoms with Gasteiger partial charge >= 0.3 is 0 Å². The number of ketones is 1. The first-order chi connectivity index (χ1) is 9.84. The molecule has 1 fully saturated rings. The minimum atomic E-state index is 0.0810. The van der Waals surface area contributed by atoms with Crippen molar-refractivity contribution in [2.75, 3.05) is 6.61 Å². The van der Waals surface area contributed by atoms with Crippen molar-refractivity contribution < 1.29 is 9.53 Å². The number of Topliss-reactive ketones (excluding diaryl/α,β-unsaturated/α-hetero) is 1. The number of carbonyl (C=O) groups is 1. The van der Waals surface area contributed by atoms with E-state index in [4.69, 9.17) is 4.74 Å². The van der Waals surface area contributed by atoms with Crippen LogP contribution in [-0.2, 0) is 9.53 Å². The van der Waals surface area contributed by atoms with Crippen LogP contribution in [0.5, 0.6) is 0 Å². The minimum Gasteiger partial charge on any atom is -0.369 e. The smallest absolute Gasteiger partial charge is 0.158 e. The molecular formula is C18H18O2. The lowest BCUT2D eigenvalue weighted by atomic mass is 9.83. The van der Waals surface area contributed by atoms with Crippen LogP contribution in [0, 0.1) is 0 Å². The van der Waals surface area contributed by atoms with Gasteiger partial charge in [-0.3, -0.25) is 4.79 Å². The maximum Gasteiger partial charge on any atom is 0.158 e. The summed E-state index contributed by atoms with van der Waals surface area (Å²) in [6.07, 6.45) is 1.51. The predicted molar refractivity (Wildman–Crippen MR) is 78.7 cm³/mol. The van der Waals surface area contributed by atoms with Crippen molar-refractivity contribution in [3.63, 3.8) is 0 Å². The fraction of sp³-hybridized carbons (Fsp3) is 0.278. The van der Waals surface area contributed by atoms with E-state index in [1.165, 1.54) is 11.1 Å². The van der Waals surface area contributed by atoms with Crippen LogP contribution < -0.4 is 0 Å². The van der Waals surface area contributed by atoms with Gasteiger partial charge in [-0.25, -0.2) is 0 Å². The molecule has 0 aliphatic carbocycles. The van der Waals surface area contributed by atoms with E-state index in [-0.39, 0.29) is 24.4 Å². The molecular weight excluding hydrogens is 248 g/mol. The molecule has 2 nitrogen and oxygen atoms in total. The molecule has 0 bridgehead atoms. The highest BCUT2D eigenvalue weighted by Crippen LogP contribution is 2.33. The van der Waals surface area contributed by atoms with Crippen molar-refractivity contribution in [2.24, 2.45) is 0 Å². The summed E-state index contributed by atoms with van der Waals surface area (Å²) >= 11 is 0. The fourth-order valence-corrected chi connectivity index (χ4v) is 2.86. The Kier molecular flexibility index (Phi) is 3.93. The average Bonchev–Trinajstić information content (AvgIpc) is 2.52. The lowest BCUT2D eigenvalue weighted by Crippen LogP contribution is -2.31. The van der Waals surface area contributed by atoms with E-state index in [2.05, 4.69) is 48.5 Å². The monoisotopic (exact) mass is 266 g/mol. The first kappa shape index (κ1) is 13.1. The second kappa shape index (κ2) is 6.02. The molecule has 1 unspecified atom stereocenters. The number of rotatable bonds is 3. The second-order valence-electron chi connectivity index (χ2n) is 5.23. The summed E-state index contributed by atoms with van der Waals surface area (Å²) in [5.41, 5.74) is 2.50. The first-order valence-corrected chi connectivity index (χ1v) is 7.08. The lowest BCUT2D eigenvalue weighted by Gasteiger charge is -2.30. The first-order valence-electron chi connectivity index (χ1n) is 7.08. The van der Waals surface area contributed by atoms with E-state index in [1.54, 1.807) is 0 Å². The molecule has 0 spiro atoms. The molecule has 2 aromatic carbocycles. The molecule has 0 radical (unpaired) electrons. The van der Waals surface area contributed by atoms with Crippen LogP contribution in [0.15, 0.2) is 60.7 Å². The average molecular weight is 266 g/mol. The van der Waals surface area contributed by atoms with Crippen molar-refractivity contribution in [3.05, 3.63) is 71.8 Å². The largest absolute Gasteiger partial charge is 0.369 e. The molecule has 102 valence electrons. The Morgan fingerprint density at radius 2 is 1.45 bits per heavy atom. The summed E-state index contributed by atoms with van der Waals surface area (Å²) in [5, 5.41) is 0. The molecule has 0 saturated carbocycles. The Hall–Kier alpha value is -1.93. The quantitative estimate of drug-likeness (QED) is 0.849. The second-order valence-corrected chi connectivity index (χ2v) is 5.23. The van der Waals surface area contributed by atoms with E-state index in [9.17, 15) is 4.79 Å². The van der Waals surface area contributed by atoms with Crippen LogP contribution in [0.2, 0.25) is 0 Å². The standard InChI is InChI=1S/C18H18O2/c19-16-11-12-17(20-13-16)18(14-7-3-1-4-8-14)15-9-5-2-6-10-15/h1-10,17-18H,11-13H2. The Balaban J connectivity index is 1.94. The maximum absolute atomic E-state index is 11.4. The van der Waals surface area contributed by atoms with Gasteiger partial charge in [0.2, 0.25) is 0 Å². The molecule has 1 atom stereocenters. The van der Waals surface area contributed by atoms with Crippen molar-refractivity contribution in [3.8, 4) is 0 Å². The van der Waals surface area contributed by atoms with Crippen molar-refractivity contribution >= 4 is 5.78 Å². The Bertz CT molecular complexity index is 513. The zero-order chi connectivity index (χ0) is 13.8. The van der Waals surface area contributed by atoms with Gasteiger partial charge in [0.1, 0.15) is 6.61 Å².